The van der Waals surface area contributed by atoms with Crippen LogP contribution in [0.1, 0.15) is 24.0 Å². The number of hydrogen-bond acceptors (Lipinski definition) is 4. The topological polar surface area (TPSA) is 50.7 Å². The summed E-state index contributed by atoms with van der Waals surface area (Å²) in [5.41, 5.74) is 7.06. The van der Waals surface area contributed by atoms with Crippen LogP contribution in [-0.2, 0) is 9.53 Å². The molecule has 1 aliphatic heterocycles. The highest BCUT2D eigenvalue weighted by Crippen LogP contribution is 2.33. The number of carbonyl (C=O) groups is 1. The van der Waals surface area contributed by atoms with E-state index in [0.29, 0.717) is 11.3 Å². The number of allylic oxidation sites excluding steroid dienone is 1. The molecule has 0 amide bonds. The number of hydrogen-bond donors (Lipinski definition) is 1. The zero-order chi connectivity index (χ0) is 16.2. The largest absolute Gasteiger partial charge is 0.466 e. The molecular formula is C19H18N2O2. The number of carbonyl (C=O) groups excluding carboxylic acids is 1. The molecule has 0 saturated carbocycles. The number of nitrogens with zero attached hydrogens (tertiary/aromatic N) is 1. The number of methoxy groups -OCH3 is 1. The summed E-state index contributed by atoms with van der Waals surface area (Å²) in [6, 6.07) is 19.8. The standard InChI is InChI=1S/C19H18N2O2/c1-13-16(19(22)23-2)17(14-9-5-3-6-10-14)18(21-20-13)15-11-7-4-8-12-15/h3-12,17,20H,1-2H3. The molecule has 0 aromatic heterocycles. The van der Waals surface area contributed by atoms with Crippen molar-refractivity contribution in [2.75, 3.05) is 7.11 Å². The van der Waals surface area contributed by atoms with Crippen molar-refractivity contribution in [3.8, 4) is 0 Å². The van der Waals surface area contributed by atoms with Gasteiger partial charge in [-0.25, -0.2) is 4.79 Å². The lowest BCUT2D eigenvalue weighted by molar-refractivity contribution is -0.136. The fourth-order valence-corrected chi connectivity index (χ4v) is 2.81. The first-order valence-electron chi connectivity index (χ1n) is 7.45. The van der Waals surface area contributed by atoms with Crippen LogP contribution in [0.2, 0.25) is 0 Å². The Morgan fingerprint density at radius 1 is 1.04 bits per heavy atom. The van der Waals surface area contributed by atoms with Crippen LogP contribution in [0.5, 0.6) is 0 Å². The van der Waals surface area contributed by atoms with Crippen molar-refractivity contribution < 1.29 is 9.53 Å². The fourth-order valence-electron chi connectivity index (χ4n) is 2.81. The predicted octanol–water partition coefficient (Wildman–Crippen LogP) is 3.22. The second-order valence-electron chi connectivity index (χ2n) is 5.35. The molecule has 0 bridgehead atoms. The summed E-state index contributed by atoms with van der Waals surface area (Å²) in [5, 5.41) is 4.51. The SMILES string of the molecule is COC(=O)C1=C(C)NN=C(c2ccccc2)C1c1ccccc1. The van der Waals surface area contributed by atoms with Crippen LogP contribution >= 0.6 is 0 Å². The monoisotopic (exact) mass is 306 g/mol. The molecule has 0 fully saturated rings. The van der Waals surface area contributed by atoms with Gasteiger partial charge >= 0.3 is 5.97 Å². The first-order chi connectivity index (χ1) is 11.2. The molecule has 0 aliphatic carbocycles. The number of hydrazone groups is 1. The number of esters is 1. The third-order valence-corrected chi connectivity index (χ3v) is 3.92. The van der Waals surface area contributed by atoms with E-state index in [9.17, 15) is 4.79 Å². The predicted molar refractivity (Wildman–Crippen MR) is 90.0 cm³/mol. The molecule has 1 unspecified atom stereocenters. The maximum absolute atomic E-state index is 12.4. The van der Waals surface area contributed by atoms with E-state index in [1.807, 2.05) is 67.6 Å². The maximum Gasteiger partial charge on any atom is 0.336 e. The molecule has 1 aliphatic rings. The second-order valence-corrected chi connectivity index (χ2v) is 5.35. The van der Waals surface area contributed by atoms with Crippen molar-refractivity contribution in [3.63, 3.8) is 0 Å². The average Bonchev–Trinajstić information content (AvgIpc) is 2.62. The molecule has 2 aromatic carbocycles. The number of nitrogens with one attached hydrogen (secondary N) is 1. The third kappa shape index (κ3) is 2.88. The van der Waals surface area contributed by atoms with Crippen LogP contribution in [0.25, 0.3) is 0 Å². The highest BCUT2D eigenvalue weighted by molar-refractivity contribution is 6.12. The van der Waals surface area contributed by atoms with Gasteiger partial charge in [-0.2, -0.15) is 5.10 Å². The van der Waals surface area contributed by atoms with Crippen molar-refractivity contribution in [3.05, 3.63) is 83.1 Å². The quantitative estimate of drug-likeness (QED) is 0.886. The summed E-state index contributed by atoms with van der Waals surface area (Å²) in [6.45, 7) is 1.84. The van der Waals surface area contributed by atoms with Crippen molar-refractivity contribution in [1.29, 1.82) is 0 Å². The first kappa shape index (κ1) is 15.0. The molecule has 2 aromatic rings. The summed E-state index contributed by atoms with van der Waals surface area (Å²) in [4.78, 5) is 12.4. The second kappa shape index (κ2) is 6.48. The zero-order valence-corrected chi connectivity index (χ0v) is 13.1. The van der Waals surface area contributed by atoms with Gasteiger partial charge in [0, 0.05) is 5.70 Å². The van der Waals surface area contributed by atoms with Crippen molar-refractivity contribution >= 4 is 11.7 Å². The molecule has 3 rings (SSSR count). The van der Waals surface area contributed by atoms with Crippen LogP contribution in [-0.4, -0.2) is 18.8 Å². The van der Waals surface area contributed by atoms with Gasteiger partial charge in [-0.3, -0.25) is 5.43 Å². The molecule has 0 spiro atoms. The van der Waals surface area contributed by atoms with Crippen molar-refractivity contribution in [2.45, 2.75) is 12.8 Å². The van der Waals surface area contributed by atoms with Crippen LogP contribution < -0.4 is 5.43 Å². The van der Waals surface area contributed by atoms with E-state index in [1.54, 1.807) is 0 Å². The molecule has 1 N–H and O–H groups in total. The van der Waals surface area contributed by atoms with Gasteiger partial charge in [0.05, 0.1) is 24.3 Å². The average molecular weight is 306 g/mol. The summed E-state index contributed by atoms with van der Waals surface area (Å²) in [6.07, 6.45) is 0. The molecule has 4 heteroatoms. The van der Waals surface area contributed by atoms with Gasteiger partial charge in [0.1, 0.15) is 0 Å². The van der Waals surface area contributed by atoms with E-state index >= 15 is 0 Å². The van der Waals surface area contributed by atoms with Gasteiger partial charge < -0.3 is 4.74 Å². The minimum atomic E-state index is -0.341. The van der Waals surface area contributed by atoms with Gasteiger partial charge in [-0.1, -0.05) is 60.7 Å². The van der Waals surface area contributed by atoms with Crippen LogP contribution in [0.3, 0.4) is 0 Å². The summed E-state index contributed by atoms with van der Waals surface area (Å²) >= 11 is 0. The van der Waals surface area contributed by atoms with Gasteiger partial charge in [-0.15, -0.1) is 0 Å². The molecule has 4 nitrogen and oxygen atoms in total. The Kier molecular flexibility index (Phi) is 4.24. The van der Waals surface area contributed by atoms with Crippen molar-refractivity contribution in [2.24, 2.45) is 5.10 Å². The summed E-state index contributed by atoms with van der Waals surface area (Å²) in [5.74, 6) is -0.598. The fraction of sp³-hybridized carbons (Fsp3) is 0.158. The van der Waals surface area contributed by atoms with Crippen LogP contribution in [0, 0.1) is 0 Å². The Bertz CT molecular complexity index is 764. The lowest BCUT2D eigenvalue weighted by Crippen LogP contribution is -2.31. The van der Waals surface area contributed by atoms with Crippen LogP contribution in [0.4, 0.5) is 0 Å². The maximum atomic E-state index is 12.4. The normalized spacial score (nSPS) is 17.3. The molecule has 116 valence electrons. The van der Waals surface area contributed by atoms with E-state index in [4.69, 9.17) is 4.74 Å². The van der Waals surface area contributed by atoms with Gasteiger partial charge in [0.2, 0.25) is 0 Å². The Balaban J connectivity index is 2.15. The number of rotatable bonds is 3. The highest BCUT2D eigenvalue weighted by atomic mass is 16.5. The third-order valence-electron chi connectivity index (χ3n) is 3.92. The number of ether oxygens (including phenoxy) is 1. The Labute approximate surface area is 135 Å². The van der Waals surface area contributed by atoms with Crippen molar-refractivity contribution in [1.82, 2.24) is 5.43 Å². The molecule has 1 atom stereocenters. The lowest BCUT2D eigenvalue weighted by Gasteiger charge is -2.27. The van der Waals surface area contributed by atoms with E-state index < -0.39 is 0 Å². The minimum absolute atomic E-state index is 0.257. The lowest BCUT2D eigenvalue weighted by atomic mass is 9.82. The van der Waals surface area contributed by atoms with E-state index in [-0.39, 0.29) is 11.9 Å². The first-order valence-corrected chi connectivity index (χ1v) is 7.45. The minimum Gasteiger partial charge on any atom is -0.466 e. The zero-order valence-electron chi connectivity index (χ0n) is 13.1. The molecule has 0 saturated heterocycles. The molecule has 1 heterocycles. The number of benzene rings is 2. The summed E-state index contributed by atoms with van der Waals surface area (Å²) < 4.78 is 5.00. The molecule has 23 heavy (non-hydrogen) atoms. The summed E-state index contributed by atoms with van der Waals surface area (Å²) in [7, 11) is 1.40. The van der Waals surface area contributed by atoms with Gasteiger partial charge in [0.15, 0.2) is 0 Å². The van der Waals surface area contributed by atoms with Gasteiger partial charge in [-0.05, 0) is 18.1 Å². The van der Waals surface area contributed by atoms with E-state index in [1.165, 1.54) is 7.11 Å². The van der Waals surface area contributed by atoms with E-state index in [0.717, 1.165) is 16.8 Å². The highest BCUT2D eigenvalue weighted by Gasteiger charge is 2.33. The molecular weight excluding hydrogens is 288 g/mol. The molecule has 0 radical (unpaired) electrons. The smallest absolute Gasteiger partial charge is 0.336 e. The van der Waals surface area contributed by atoms with Gasteiger partial charge in [0.25, 0.3) is 0 Å². The van der Waals surface area contributed by atoms with Crippen LogP contribution in [0.15, 0.2) is 77.0 Å². The van der Waals surface area contributed by atoms with E-state index in [2.05, 4.69) is 10.5 Å². The Hall–Kier alpha value is -2.88. The Morgan fingerprint density at radius 2 is 1.65 bits per heavy atom. The Morgan fingerprint density at radius 3 is 2.26 bits per heavy atom.